The monoisotopic (exact) mass is 612 g/mol. The second kappa shape index (κ2) is 12.7. The summed E-state index contributed by atoms with van der Waals surface area (Å²) in [6.45, 7) is 7.57. The summed E-state index contributed by atoms with van der Waals surface area (Å²) in [5.74, 6) is 0.927. The molecule has 0 amide bonds. The molecule has 5 aromatic rings. The van der Waals surface area contributed by atoms with Gasteiger partial charge in [-0.3, -0.25) is 0 Å². The van der Waals surface area contributed by atoms with Crippen molar-refractivity contribution in [3.8, 4) is 11.9 Å². The van der Waals surface area contributed by atoms with Crippen LogP contribution in [-0.4, -0.2) is 64.4 Å². The van der Waals surface area contributed by atoms with Crippen molar-refractivity contribution < 1.29 is 0 Å². The normalized spacial score (nSPS) is 10.4. The molecular weight excluding hydrogens is 594 g/mol. The topological polar surface area (TPSA) is 230 Å². The minimum absolute atomic E-state index is 0.000000000000000444. The maximum Gasteiger partial charge on any atom is 0.257 e. The minimum Gasteiger partial charge on any atom is -0.368 e. The molecule has 0 aliphatic rings. The van der Waals surface area contributed by atoms with E-state index in [0.717, 1.165) is 22.8 Å². The van der Waals surface area contributed by atoms with Crippen LogP contribution in [0, 0.1) is 27.7 Å². The average molecular weight is 614 g/mol. The summed E-state index contributed by atoms with van der Waals surface area (Å²) in [5.41, 5.74) is 20.0. The van der Waals surface area contributed by atoms with Crippen molar-refractivity contribution in [1.82, 2.24) is 64.4 Å². The SMILES string of the molecule is Cc1cc(C)n(-c2nc(N)nc(Cl)n2)n1.Cc1cc(C)n(-c2nc(N)nc(N)n2)n1.Clc1nc(Cl)nc(Cl)n1. The van der Waals surface area contributed by atoms with Gasteiger partial charge in [-0.05, 0) is 86.2 Å². The summed E-state index contributed by atoms with van der Waals surface area (Å²) >= 11 is 21.6. The van der Waals surface area contributed by atoms with Gasteiger partial charge in [-0.15, -0.1) is 0 Å². The molecule has 0 saturated carbocycles. The number of nitrogens with zero attached hydrogens (tertiary/aromatic N) is 13. The molecular formula is C19H20Cl4N16. The van der Waals surface area contributed by atoms with Gasteiger partial charge in [0, 0.05) is 11.4 Å². The van der Waals surface area contributed by atoms with Gasteiger partial charge in [-0.25, -0.2) is 9.36 Å². The van der Waals surface area contributed by atoms with E-state index in [1.165, 1.54) is 0 Å². The van der Waals surface area contributed by atoms with Gasteiger partial charge < -0.3 is 17.2 Å². The smallest absolute Gasteiger partial charge is 0.257 e. The van der Waals surface area contributed by atoms with Crippen LogP contribution in [0.4, 0.5) is 17.8 Å². The lowest BCUT2D eigenvalue weighted by Gasteiger charge is -2.03. The summed E-state index contributed by atoms with van der Waals surface area (Å²) in [4.78, 5) is 33.5. The summed E-state index contributed by atoms with van der Waals surface area (Å²) in [7, 11) is 0. The van der Waals surface area contributed by atoms with E-state index in [2.05, 4.69) is 55.1 Å². The number of nitrogens with two attached hydrogens (primary N) is 3. The fraction of sp³-hybridized carbons (Fsp3) is 0.211. The van der Waals surface area contributed by atoms with Crippen LogP contribution in [0.3, 0.4) is 0 Å². The van der Waals surface area contributed by atoms with Crippen LogP contribution < -0.4 is 17.2 Å². The molecule has 6 N–H and O–H groups in total. The van der Waals surface area contributed by atoms with Crippen LogP contribution in [-0.2, 0) is 0 Å². The number of rotatable bonds is 2. The van der Waals surface area contributed by atoms with Crippen LogP contribution in [0.15, 0.2) is 12.1 Å². The van der Waals surface area contributed by atoms with Crippen molar-refractivity contribution in [1.29, 1.82) is 0 Å². The highest BCUT2D eigenvalue weighted by Gasteiger charge is 2.10. The number of halogens is 4. The fourth-order valence-electron chi connectivity index (χ4n) is 2.91. The molecule has 5 heterocycles. The highest BCUT2D eigenvalue weighted by atomic mass is 35.5. The number of nitrogen functional groups attached to an aromatic ring is 3. The molecule has 204 valence electrons. The molecule has 0 aromatic carbocycles. The molecule has 0 unspecified atom stereocenters. The van der Waals surface area contributed by atoms with Crippen molar-refractivity contribution in [3.63, 3.8) is 0 Å². The maximum atomic E-state index is 5.68. The van der Waals surface area contributed by atoms with Crippen LogP contribution in [0.25, 0.3) is 11.9 Å². The second-order valence-corrected chi connectivity index (χ2v) is 8.79. The van der Waals surface area contributed by atoms with Gasteiger partial charge in [0.05, 0.1) is 11.4 Å². The van der Waals surface area contributed by atoms with Crippen LogP contribution in [0.2, 0.25) is 21.1 Å². The number of aromatic nitrogens is 13. The lowest BCUT2D eigenvalue weighted by Crippen LogP contribution is -2.10. The molecule has 0 atom stereocenters. The Kier molecular flexibility index (Phi) is 9.63. The van der Waals surface area contributed by atoms with E-state index in [-0.39, 0.29) is 39.0 Å². The van der Waals surface area contributed by atoms with Gasteiger partial charge in [-0.1, -0.05) is 0 Å². The first-order chi connectivity index (χ1) is 18.3. The van der Waals surface area contributed by atoms with E-state index in [9.17, 15) is 0 Å². The average Bonchev–Trinajstić information content (AvgIpc) is 3.31. The van der Waals surface area contributed by atoms with Gasteiger partial charge >= 0.3 is 0 Å². The molecule has 0 spiro atoms. The summed E-state index contributed by atoms with van der Waals surface area (Å²) < 4.78 is 3.14. The standard InChI is InChI=1S/C8H9ClN6.C8H11N7.C3Cl3N3/c2*1-4-3-5(2)15(14-4)8-12-6(9)11-7(10)13-8;4-1-7-2(5)9-3(6)8-1/h3H,1-2H3,(H2,10,11,12,13);3H,1-2H3,(H4,9,10,11,12,13);. The Morgan fingerprint density at radius 3 is 1.15 bits per heavy atom. The summed E-state index contributed by atoms with van der Waals surface area (Å²) in [6, 6.07) is 3.82. The van der Waals surface area contributed by atoms with E-state index in [4.69, 9.17) is 63.6 Å². The van der Waals surface area contributed by atoms with Crippen molar-refractivity contribution in [2.24, 2.45) is 0 Å². The Labute approximate surface area is 241 Å². The van der Waals surface area contributed by atoms with Gasteiger partial charge in [-0.2, -0.15) is 55.1 Å². The third kappa shape index (κ3) is 8.51. The predicted molar refractivity (Wildman–Crippen MR) is 146 cm³/mol. The van der Waals surface area contributed by atoms with E-state index in [1.54, 1.807) is 9.36 Å². The first-order valence-electron chi connectivity index (χ1n) is 10.5. The number of aryl methyl sites for hydroxylation is 4. The summed E-state index contributed by atoms with van der Waals surface area (Å²) in [5, 5.41) is 8.49. The number of anilines is 3. The second-order valence-electron chi connectivity index (χ2n) is 7.43. The van der Waals surface area contributed by atoms with Gasteiger partial charge in [0.25, 0.3) is 11.9 Å². The lowest BCUT2D eigenvalue weighted by atomic mass is 10.4. The quantitative estimate of drug-likeness (QED) is 0.260. The van der Waals surface area contributed by atoms with Crippen molar-refractivity contribution >= 4 is 64.2 Å². The molecule has 0 radical (unpaired) electrons. The van der Waals surface area contributed by atoms with Gasteiger partial charge in [0.15, 0.2) is 0 Å². The van der Waals surface area contributed by atoms with Crippen molar-refractivity contribution in [2.75, 3.05) is 17.2 Å². The lowest BCUT2D eigenvalue weighted by molar-refractivity contribution is 0.767. The maximum absolute atomic E-state index is 5.68. The van der Waals surface area contributed by atoms with Gasteiger partial charge in [0.2, 0.25) is 39.0 Å². The molecule has 5 rings (SSSR count). The first kappa shape index (κ1) is 29.6. The van der Waals surface area contributed by atoms with E-state index < -0.39 is 0 Å². The van der Waals surface area contributed by atoms with Crippen LogP contribution in [0.5, 0.6) is 0 Å². The Balaban J connectivity index is 0.000000167. The minimum atomic E-state index is 0.000000000000000444. The highest BCUT2D eigenvalue weighted by molar-refractivity contribution is 6.33. The first-order valence-corrected chi connectivity index (χ1v) is 12.1. The Morgan fingerprint density at radius 2 is 0.821 bits per heavy atom. The zero-order chi connectivity index (χ0) is 28.9. The fourth-order valence-corrected chi connectivity index (χ4v) is 3.68. The Morgan fingerprint density at radius 1 is 0.487 bits per heavy atom. The molecule has 0 aliphatic carbocycles. The van der Waals surface area contributed by atoms with E-state index in [1.807, 2.05) is 39.8 Å². The number of hydrogen-bond donors (Lipinski definition) is 3. The molecule has 16 nitrogen and oxygen atoms in total. The zero-order valence-electron chi connectivity index (χ0n) is 20.7. The molecule has 0 bridgehead atoms. The number of hydrogen-bond acceptors (Lipinski definition) is 14. The third-order valence-electron chi connectivity index (χ3n) is 4.22. The zero-order valence-corrected chi connectivity index (χ0v) is 23.7. The molecule has 0 fully saturated rings. The van der Waals surface area contributed by atoms with E-state index >= 15 is 0 Å². The van der Waals surface area contributed by atoms with Gasteiger partial charge in [0.1, 0.15) is 0 Å². The Bertz CT molecular complexity index is 1420. The van der Waals surface area contributed by atoms with Crippen LogP contribution >= 0.6 is 46.4 Å². The van der Waals surface area contributed by atoms with Crippen molar-refractivity contribution in [2.45, 2.75) is 27.7 Å². The molecule has 0 saturated heterocycles. The van der Waals surface area contributed by atoms with E-state index in [0.29, 0.717) is 11.9 Å². The predicted octanol–water partition coefficient (Wildman–Crippen LogP) is 2.58. The molecule has 5 aromatic heterocycles. The van der Waals surface area contributed by atoms with Crippen LogP contribution in [0.1, 0.15) is 22.8 Å². The molecule has 0 aliphatic heterocycles. The van der Waals surface area contributed by atoms with Crippen molar-refractivity contribution in [3.05, 3.63) is 56.0 Å². The largest absolute Gasteiger partial charge is 0.368 e. The third-order valence-corrected chi connectivity index (χ3v) is 4.90. The summed E-state index contributed by atoms with van der Waals surface area (Å²) in [6.07, 6.45) is 0. The Hall–Kier alpha value is -3.99. The molecule has 20 heteroatoms. The molecule has 39 heavy (non-hydrogen) atoms. The highest BCUT2D eigenvalue weighted by Crippen LogP contribution is 2.11.